The van der Waals surface area contributed by atoms with Crippen molar-refractivity contribution in [3.63, 3.8) is 0 Å². The van der Waals surface area contributed by atoms with Gasteiger partial charge in [0.15, 0.2) is 0 Å². The Hall–Kier alpha value is -0.670. The minimum atomic E-state index is 0.0764. The van der Waals surface area contributed by atoms with Crippen LogP contribution in [0.2, 0.25) is 0 Å². The van der Waals surface area contributed by atoms with Gasteiger partial charge in [-0.15, -0.1) is 0 Å². The first-order valence-corrected chi connectivity index (χ1v) is 4.40. The Morgan fingerprint density at radius 3 is 2.14 bits per heavy atom. The van der Waals surface area contributed by atoms with Gasteiger partial charge in [-0.25, -0.2) is 0 Å². The fourth-order valence-corrected chi connectivity index (χ4v) is 0.584. The number of methoxy groups -OCH3 is 1. The summed E-state index contributed by atoms with van der Waals surface area (Å²) in [6, 6.07) is 0. The molecule has 2 atom stereocenters. The molecule has 0 radical (unpaired) electrons. The van der Waals surface area contributed by atoms with E-state index < -0.39 is 0 Å². The first-order chi connectivity index (χ1) is 6.56. The molecule has 1 rings (SSSR count). The van der Waals surface area contributed by atoms with Gasteiger partial charge in [0, 0.05) is 13.5 Å². The van der Waals surface area contributed by atoms with Gasteiger partial charge in [-0.3, -0.25) is 4.79 Å². The Morgan fingerprint density at radius 2 is 2.07 bits per heavy atom. The molecule has 0 saturated carbocycles. The number of ether oxygens (including phenoxy) is 2. The van der Waals surface area contributed by atoms with Crippen molar-refractivity contribution in [3.8, 4) is 0 Å². The molecule has 0 aromatic carbocycles. The zero-order chi connectivity index (χ0) is 11.6. The third-order valence-electron chi connectivity index (χ3n) is 1.48. The summed E-state index contributed by atoms with van der Waals surface area (Å²) in [5, 5.41) is 0. The van der Waals surface area contributed by atoms with E-state index in [4.69, 9.17) is 14.1 Å². The van der Waals surface area contributed by atoms with Crippen molar-refractivity contribution in [2.45, 2.75) is 39.4 Å². The Balaban J connectivity index is 0. The first kappa shape index (κ1) is 15.8. The molecule has 0 amide bonds. The Labute approximate surface area is 85.3 Å². The molecule has 0 N–H and O–H groups in total. The molecular weight excluding hydrogens is 184 g/mol. The normalized spacial score (nSPS) is 19.1. The van der Waals surface area contributed by atoms with Crippen molar-refractivity contribution >= 4 is 5.78 Å². The van der Waals surface area contributed by atoms with Crippen LogP contribution >= 0.6 is 0 Å². The third-order valence-corrected chi connectivity index (χ3v) is 1.48. The molecule has 4 heteroatoms. The van der Waals surface area contributed by atoms with Gasteiger partial charge in [0.25, 0.3) is 0 Å². The molecule has 0 bridgehead atoms. The van der Waals surface area contributed by atoms with Crippen molar-refractivity contribution in [1.29, 1.82) is 0 Å². The van der Waals surface area contributed by atoms with Crippen LogP contribution in [0.1, 0.15) is 27.2 Å². The van der Waals surface area contributed by atoms with E-state index in [2.05, 4.69) is 13.6 Å². The third kappa shape index (κ3) is 17.4. The van der Waals surface area contributed by atoms with Crippen LogP contribution in [0.25, 0.3) is 0 Å². The molecule has 2 unspecified atom stereocenters. The molecule has 0 spiro atoms. The minimum absolute atomic E-state index is 0.0764. The van der Waals surface area contributed by atoms with Crippen LogP contribution in [0.3, 0.4) is 0 Å². The molecule has 82 valence electrons. The monoisotopic (exact) mass is 202 g/mol. The molecule has 1 fully saturated rings. The fourth-order valence-electron chi connectivity index (χ4n) is 0.584. The summed E-state index contributed by atoms with van der Waals surface area (Å²) in [4.78, 5) is 10.3. The van der Waals surface area contributed by atoms with Gasteiger partial charge in [0.1, 0.15) is 5.78 Å². The van der Waals surface area contributed by atoms with Crippen molar-refractivity contribution < 1.29 is 18.9 Å². The van der Waals surface area contributed by atoms with Crippen molar-refractivity contribution in [2.24, 2.45) is 0 Å². The second-order valence-corrected chi connectivity index (χ2v) is 3.10. The summed E-state index contributed by atoms with van der Waals surface area (Å²) in [6.45, 7) is 11.0. The van der Waals surface area contributed by atoms with E-state index in [1.54, 1.807) is 14.0 Å². The maximum atomic E-state index is 10.3. The molecule has 0 aromatic rings. The van der Waals surface area contributed by atoms with Crippen LogP contribution in [-0.4, -0.2) is 31.7 Å². The fraction of sp³-hybridized carbons (Fsp3) is 0.800. The summed E-state index contributed by atoms with van der Waals surface area (Å²) >= 11 is 0. The first-order valence-electron chi connectivity index (χ1n) is 4.40. The van der Waals surface area contributed by atoms with E-state index in [1.165, 1.54) is 0 Å². The number of epoxide rings is 1. The molecule has 1 saturated heterocycles. The van der Waals surface area contributed by atoms with Crippen LogP contribution in [-0.2, 0) is 18.9 Å². The topological polar surface area (TPSA) is 58.7 Å². The molecule has 0 aliphatic carbocycles. The van der Waals surface area contributed by atoms with Crippen molar-refractivity contribution in [1.82, 2.24) is 0 Å². The summed E-state index contributed by atoms with van der Waals surface area (Å²) in [6.07, 6.45) is 1.18. The van der Waals surface area contributed by atoms with Gasteiger partial charge in [-0.05, 0) is 20.8 Å². The number of carbonyl (C=O) groups excluding carboxylic acids is 1. The number of rotatable bonds is 3. The Bertz CT molecular complexity index is 161. The number of hydrogen-bond donors (Lipinski definition) is 0. The van der Waals surface area contributed by atoms with E-state index in [0.29, 0.717) is 12.5 Å². The second kappa shape index (κ2) is 10.4. The van der Waals surface area contributed by atoms with Crippen LogP contribution in [0.4, 0.5) is 0 Å². The van der Waals surface area contributed by atoms with Crippen LogP contribution in [0.5, 0.6) is 0 Å². The van der Waals surface area contributed by atoms with Gasteiger partial charge >= 0.3 is 11.3 Å². The average Bonchev–Trinajstić information content (AvgIpc) is 2.91. The summed E-state index contributed by atoms with van der Waals surface area (Å²) in [5.41, 5.74) is 0. The van der Waals surface area contributed by atoms with Gasteiger partial charge in [0.05, 0.1) is 18.8 Å². The molecule has 4 nitrogen and oxygen atoms in total. The molecule has 0 aromatic heterocycles. The quantitative estimate of drug-likeness (QED) is 0.394. The van der Waals surface area contributed by atoms with Crippen molar-refractivity contribution in [2.75, 3.05) is 13.7 Å². The van der Waals surface area contributed by atoms with Crippen LogP contribution < -0.4 is 0 Å². The van der Waals surface area contributed by atoms with E-state index in [9.17, 15) is 4.79 Å². The van der Waals surface area contributed by atoms with Gasteiger partial charge in [0.2, 0.25) is 0 Å². The van der Waals surface area contributed by atoms with Gasteiger partial charge < -0.3 is 9.47 Å². The molecule has 14 heavy (non-hydrogen) atoms. The van der Waals surface area contributed by atoms with E-state index in [-0.39, 0.29) is 11.9 Å². The standard InChI is InChI=1S/C6H12O2.C3H6O.CO/c1-5(7)4-6(2)8-3;1-3-2-4-3;1-2/h6H,4H2,1-3H3;3H,2H2,1H3;. The Morgan fingerprint density at radius 1 is 1.71 bits per heavy atom. The zero-order valence-corrected chi connectivity index (χ0v) is 9.20. The van der Waals surface area contributed by atoms with Gasteiger partial charge in [-0.2, -0.15) is 0 Å². The second-order valence-electron chi connectivity index (χ2n) is 3.10. The number of hydrogen-bond acceptors (Lipinski definition) is 3. The van der Waals surface area contributed by atoms with E-state index >= 15 is 0 Å². The predicted octanol–water partition coefficient (Wildman–Crippen LogP) is 1.37. The molecule has 1 aliphatic heterocycles. The number of Topliss-reactive ketones (excluding diaryl/α,β-unsaturated/α-hetero) is 1. The maximum absolute atomic E-state index is 10.3. The van der Waals surface area contributed by atoms with Crippen LogP contribution in [0.15, 0.2) is 0 Å². The summed E-state index contributed by atoms with van der Waals surface area (Å²) in [7, 11) is 1.60. The molecular formula is C10H18O4. The Kier molecular flexibility index (Phi) is 11.7. The van der Waals surface area contributed by atoms with E-state index in [0.717, 1.165) is 6.61 Å². The average molecular weight is 202 g/mol. The van der Waals surface area contributed by atoms with E-state index in [1.807, 2.05) is 6.92 Å². The van der Waals surface area contributed by atoms with Crippen molar-refractivity contribution in [3.05, 3.63) is 6.65 Å². The van der Waals surface area contributed by atoms with Crippen LogP contribution in [0, 0.1) is 6.65 Å². The summed E-state index contributed by atoms with van der Waals surface area (Å²) in [5.74, 6) is 0.180. The number of ketones is 1. The summed E-state index contributed by atoms with van der Waals surface area (Å²) < 4.78 is 17.0. The number of carbonyl (C=O) groups is 1. The molecule has 1 heterocycles. The SMILES string of the molecule is CC1CO1.COC(C)CC(C)=O.[C-]#[O+]. The molecule has 1 aliphatic rings. The predicted molar refractivity (Wildman–Crippen MR) is 51.1 cm³/mol. The zero-order valence-electron chi connectivity index (χ0n) is 9.20. The van der Waals surface area contributed by atoms with Gasteiger partial charge in [-0.1, -0.05) is 0 Å².